The molecule has 0 bridgehead atoms. The number of amides is 1. The van der Waals surface area contributed by atoms with Crippen molar-refractivity contribution in [3.05, 3.63) is 29.3 Å². The zero-order chi connectivity index (χ0) is 14.3. The summed E-state index contributed by atoms with van der Waals surface area (Å²) in [4.78, 5) is 13.8. The van der Waals surface area contributed by atoms with Gasteiger partial charge >= 0.3 is 0 Å². The van der Waals surface area contributed by atoms with E-state index in [1.165, 1.54) is 4.90 Å². The summed E-state index contributed by atoms with van der Waals surface area (Å²) in [5, 5.41) is 17.2. The lowest BCUT2D eigenvalue weighted by Gasteiger charge is -2.20. The first-order valence-electron chi connectivity index (χ1n) is 5.99. The Morgan fingerprint density at radius 3 is 2.26 bits per heavy atom. The molecule has 1 rings (SSSR count). The Labute approximate surface area is 112 Å². The van der Waals surface area contributed by atoms with Gasteiger partial charge in [0, 0.05) is 24.3 Å². The molecule has 1 amide bonds. The highest BCUT2D eigenvalue weighted by Gasteiger charge is 2.15. The van der Waals surface area contributed by atoms with Crippen LogP contribution in [0.5, 0.6) is 0 Å². The second-order valence-electron chi connectivity index (χ2n) is 4.24. The largest absolute Gasteiger partial charge is 0.399 e. The van der Waals surface area contributed by atoms with Crippen molar-refractivity contribution in [2.24, 2.45) is 0 Å². The number of nitrogens with zero attached hydrogens (tertiary/aromatic N) is 3. The minimum atomic E-state index is -0.194. The third kappa shape index (κ3) is 4.33. The van der Waals surface area contributed by atoms with Crippen LogP contribution in [0.25, 0.3) is 0 Å². The molecule has 0 aliphatic carbocycles. The molecule has 5 heteroatoms. The van der Waals surface area contributed by atoms with Crippen LogP contribution in [0.3, 0.4) is 0 Å². The quantitative estimate of drug-likeness (QED) is 0.813. The molecule has 0 aliphatic rings. The molecular weight excluding hydrogens is 240 g/mol. The molecular formula is C14H16N4O. The van der Waals surface area contributed by atoms with E-state index in [-0.39, 0.29) is 18.7 Å². The molecule has 1 aromatic carbocycles. The molecule has 0 radical (unpaired) electrons. The number of benzene rings is 1. The predicted octanol–water partition coefficient (Wildman–Crippen LogP) is 1.85. The summed E-state index contributed by atoms with van der Waals surface area (Å²) in [5.74, 6) is -0.194. The molecule has 1 aromatic rings. The van der Waals surface area contributed by atoms with E-state index >= 15 is 0 Å². The number of anilines is 1. The first-order chi connectivity index (χ1) is 9.08. The summed E-state index contributed by atoms with van der Waals surface area (Å²) in [6, 6.07) is 9.15. The number of hydrogen-bond acceptors (Lipinski definition) is 4. The maximum absolute atomic E-state index is 12.3. The highest BCUT2D eigenvalue weighted by Crippen LogP contribution is 2.14. The predicted molar refractivity (Wildman–Crippen MR) is 72.0 cm³/mol. The van der Waals surface area contributed by atoms with Gasteiger partial charge < -0.3 is 10.6 Å². The summed E-state index contributed by atoms with van der Waals surface area (Å²) >= 11 is 0. The van der Waals surface area contributed by atoms with Crippen LogP contribution in [-0.4, -0.2) is 23.9 Å². The monoisotopic (exact) mass is 256 g/mol. The third-order valence-electron chi connectivity index (χ3n) is 2.62. The number of hydrogen-bond donors (Lipinski definition) is 1. The van der Waals surface area contributed by atoms with Gasteiger partial charge in [-0.25, -0.2) is 0 Å². The van der Waals surface area contributed by atoms with Crippen LogP contribution < -0.4 is 5.73 Å². The SMILES string of the molecule is Cc1cc(N)cc(C(=O)N(CCC#N)CCC#N)c1. The van der Waals surface area contributed by atoms with Crippen LogP contribution >= 0.6 is 0 Å². The zero-order valence-corrected chi connectivity index (χ0v) is 10.9. The van der Waals surface area contributed by atoms with Gasteiger partial charge in [-0.15, -0.1) is 0 Å². The van der Waals surface area contributed by atoms with Crippen LogP contribution in [0.4, 0.5) is 5.69 Å². The summed E-state index contributed by atoms with van der Waals surface area (Å²) in [5.41, 5.74) is 7.65. The third-order valence-corrected chi connectivity index (χ3v) is 2.62. The Balaban J connectivity index is 2.91. The standard InChI is InChI=1S/C14H16N4O/c1-11-8-12(10-13(17)9-11)14(19)18(6-2-4-15)7-3-5-16/h8-10H,2-3,6-7,17H2,1H3. The number of nitrogens with two attached hydrogens (primary N) is 1. The Morgan fingerprint density at radius 2 is 1.79 bits per heavy atom. The molecule has 0 aliphatic heterocycles. The number of rotatable bonds is 5. The topological polar surface area (TPSA) is 93.9 Å². The lowest BCUT2D eigenvalue weighted by Crippen LogP contribution is -2.32. The fourth-order valence-corrected chi connectivity index (χ4v) is 1.80. The van der Waals surface area contributed by atoms with Gasteiger partial charge in [0.1, 0.15) is 0 Å². The van der Waals surface area contributed by atoms with Crippen molar-refractivity contribution >= 4 is 11.6 Å². The molecule has 19 heavy (non-hydrogen) atoms. The minimum Gasteiger partial charge on any atom is -0.399 e. The second kappa shape index (κ2) is 7.03. The Hall–Kier alpha value is -2.53. The number of aryl methyl sites for hydroxylation is 1. The molecule has 0 heterocycles. The molecule has 0 fully saturated rings. The van der Waals surface area contributed by atoms with Crippen LogP contribution in [0, 0.1) is 29.6 Å². The van der Waals surface area contributed by atoms with Gasteiger partial charge in [-0.05, 0) is 30.7 Å². The van der Waals surface area contributed by atoms with Gasteiger partial charge in [0.15, 0.2) is 0 Å². The van der Waals surface area contributed by atoms with Crippen molar-refractivity contribution in [3.63, 3.8) is 0 Å². The van der Waals surface area contributed by atoms with Crippen LogP contribution in [0.1, 0.15) is 28.8 Å². The van der Waals surface area contributed by atoms with E-state index in [1.54, 1.807) is 18.2 Å². The van der Waals surface area contributed by atoms with Crippen LogP contribution in [0.15, 0.2) is 18.2 Å². The molecule has 0 aromatic heterocycles. The first-order valence-corrected chi connectivity index (χ1v) is 5.99. The number of carbonyl (C=O) groups is 1. The van der Waals surface area contributed by atoms with Crippen LogP contribution in [0.2, 0.25) is 0 Å². The van der Waals surface area contributed by atoms with Crippen molar-refractivity contribution in [1.29, 1.82) is 10.5 Å². The Morgan fingerprint density at radius 1 is 1.21 bits per heavy atom. The normalized spacial score (nSPS) is 9.42. The van der Waals surface area contributed by atoms with E-state index in [1.807, 2.05) is 19.1 Å². The van der Waals surface area contributed by atoms with Gasteiger partial charge in [0.05, 0.1) is 25.0 Å². The number of nitriles is 2. The molecule has 0 saturated carbocycles. The van der Waals surface area contributed by atoms with E-state index in [0.717, 1.165) is 5.56 Å². The van der Waals surface area contributed by atoms with E-state index in [0.29, 0.717) is 24.3 Å². The molecule has 0 unspecified atom stereocenters. The Kier molecular flexibility index (Phi) is 5.37. The van der Waals surface area contributed by atoms with Gasteiger partial charge in [0.25, 0.3) is 5.91 Å². The van der Waals surface area contributed by atoms with E-state index in [9.17, 15) is 4.79 Å². The summed E-state index contributed by atoms with van der Waals surface area (Å²) in [7, 11) is 0. The molecule has 0 saturated heterocycles. The smallest absolute Gasteiger partial charge is 0.254 e. The zero-order valence-electron chi connectivity index (χ0n) is 10.9. The second-order valence-corrected chi connectivity index (χ2v) is 4.24. The van der Waals surface area contributed by atoms with Crippen molar-refractivity contribution < 1.29 is 4.79 Å². The fraction of sp³-hybridized carbons (Fsp3) is 0.357. The van der Waals surface area contributed by atoms with Gasteiger partial charge in [-0.2, -0.15) is 10.5 Å². The van der Waals surface area contributed by atoms with Crippen molar-refractivity contribution in [1.82, 2.24) is 4.90 Å². The molecule has 0 atom stereocenters. The van der Waals surface area contributed by atoms with Crippen molar-refractivity contribution in [2.45, 2.75) is 19.8 Å². The Bertz CT molecular complexity index is 501. The van der Waals surface area contributed by atoms with E-state index in [2.05, 4.69) is 0 Å². The fourth-order valence-electron chi connectivity index (χ4n) is 1.80. The number of carbonyl (C=O) groups excluding carboxylic acids is 1. The average Bonchev–Trinajstić information content (AvgIpc) is 2.37. The van der Waals surface area contributed by atoms with Crippen molar-refractivity contribution in [2.75, 3.05) is 18.8 Å². The summed E-state index contributed by atoms with van der Waals surface area (Å²) < 4.78 is 0. The van der Waals surface area contributed by atoms with Gasteiger partial charge in [0.2, 0.25) is 0 Å². The highest BCUT2D eigenvalue weighted by atomic mass is 16.2. The van der Waals surface area contributed by atoms with E-state index in [4.69, 9.17) is 16.3 Å². The summed E-state index contributed by atoms with van der Waals surface area (Å²) in [6.07, 6.45) is 0.497. The average molecular weight is 256 g/mol. The number of nitrogen functional groups attached to an aromatic ring is 1. The maximum Gasteiger partial charge on any atom is 0.254 e. The lowest BCUT2D eigenvalue weighted by atomic mass is 10.1. The maximum atomic E-state index is 12.3. The summed E-state index contributed by atoms with van der Waals surface area (Å²) in [6.45, 7) is 2.51. The molecule has 5 nitrogen and oxygen atoms in total. The van der Waals surface area contributed by atoms with E-state index < -0.39 is 0 Å². The van der Waals surface area contributed by atoms with Crippen molar-refractivity contribution in [3.8, 4) is 12.1 Å². The lowest BCUT2D eigenvalue weighted by molar-refractivity contribution is 0.0762. The molecule has 98 valence electrons. The highest BCUT2D eigenvalue weighted by molar-refractivity contribution is 5.95. The first kappa shape index (κ1) is 14.5. The molecule has 2 N–H and O–H groups in total. The molecule has 0 spiro atoms. The minimum absolute atomic E-state index is 0.194. The van der Waals surface area contributed by atoms with Gasteiger partial charge in [-0.3, -0.25) is 4.79 Å². The van der Waals surface area contributed by atoms with Gasteiger partial charge in [-0.1, -0.05) is 0 Å². The van der Waals surface area contributed by atoms with Crippen LogP contribution in [-0.2, 0) is 0 Å².